The molecule has 4 heteroatoms. The monoisotopic (exact) mass is 270 g/mol. The lowest BCUT2D eigenvalue weighted by Crippen LogP contribution is -2.24. The molecule has 0 fully saturated rings. The molecule has 0 radical (unpaired) electrons. The highest BCUT2D eigenvalue weighted by atomic mass is 19.1. The van der Waals surface area contributed by atoms with Gasteiger partial charge in [-0.25, -0.2) is 8.78 Å². The van der Waals surface area contributed by atoms with Gasteiger partial charge < -0.3 is 10.6 Å². The molecule has 0 aromatic heterocycles. The molecule has 0 aliphatic heterocycles. The number of nitrogens with zero attached hydrogens (tertiary/aromatic N) is 1. The van der Waals surface area contributed by atoms with Crippen molar-refractivity contribution in [3.05, 3.63) is 35.4 Å². The summed E-state index contributed by atoms with van der Waals surface area (Å²) in [5.41, 5.74) is 6.50. The summed E-state index contributed by atoms with van der Waals surface area (Å²) in [6, 6.07) is 3.17. The first-order valence-electron chi connectivity index (χ1n) is 6.93. The van der Waals surface area contributed by atoms with Crippen molar-refractivity contribution in [1.82, 2.24) is 4.90 Å². The molecule has 1 rings (SSSR count). The molecule has 0 heterocycles. The number of rotatable bonds is 8. The fourth-order valence-electron chi connectivity index (χ4n) is 2.06. The zero-order chi connectivity index (χ0) is 14.3. The quantitative estimate of drug-likeness (QED) is 0.733. The molecule has 1 aromatic carbocycles. The van der Waals surface area contributed by atoms with Crippen LogP contribution in [-0.4, -0.2) is 25.0 Å². The van der Waals surface area contributed by atoms with Gasteiger partial charge >= 0.3 is 0 Å². The van der Waals surface area contributed by atoms with E-state index >= 15 is 0 Å². The van der Waals surface area contributed by atoms with Crippen molar-refractivity contribution in [3.8, 4) is 0 Å². The van der Waals surface area contributed by atoms with Crippen molar-refractivity contribution in [1.29, 1.82) is 0 Å². The van der Waals surface area contributed by atoms with Crippen molar-refractivity contribution in [3.63, 3.8) is 0 Å². The van der Waals surface area contributed by atoms with Gasteiger partial charge in [0.05, 0.1) is 0 Å². The lowest BCUT2D eigenvalue weighted by molar-refractivity contribution is 0.311. The highest BCUT2D eigenvalue weighted by molar-refractivity contribution is 5.21. The Balaban J connectivity index is 2.39. The van der Waals surface area contributed by atoms with Gasteiger partial charge in [0.15, 0.2) is 0 Å². The first-order chi connectivity index (χ1) is 9.02. The van der Waals surface area contributed by atoms with Crippen LogP contribution in [0.25, 0.3) is 0 Å². The maximum atomic E-state index is 13.1. The van der Waals surface area contributed by atoms with Gasteiger partial charge in [0.1, 0.15) is 11.6 Å². The average Bonchev–Trinajstić information content (AvgIpc) is 2.35. The van der Waals surface area contributed by atoms with Gasteiger partial charge in [-0.3, -0.25) is 0 Å². The Hall–Kier alpha value is -1.00. The highest BCUT2D eigenvalue weighted by Gasteiger charge is 2.10. The Morgan fingerprint density at radius 2 is 1.74 bits per heavy atom. The van der Waals surface area contributed by atoms with E-state index in [0.29, 0.717) is 12.0 Å². The minimum Gasteiger partial charge on any atom is -0.324 e. The summed E-state index contributed by atoms with van der Waals surface area (Å²) in [5.74, 6) is -1.14. The Morgan fingerprint density at radius 3 is 2.32 bits per heavy atom. The van der Waals surface area contributed by atoms with Crippen molar-refractivity contribution in [2.75, 3.05) is 20.1 Å². The van der Waals surface area contributed by atoms with Crippen molar-refractivity contribution >= 4 is 0 Å². The molecule has 1 atom stereocenters. The molecule has 2 N–H and O–H groups in total. The summed E-state index contributed by atoms with van der Waals surface area (Å²) in [6.45, 7) is 4.05. The molecule has 19 heavy (non-hydrogen) atoms. The third-order valence-electron chi connectivity index (χ3n) is 3.28. The second-order valence-corrected chi connectivity index (χ2v) is 5.11. The fraction of sp³-hybridized carbons (Fsp3) is 0.600. The van der Waals surface area contributed by atoms with Gasteiger partial charge in [-0.1, -0.05) is 19.8 Å². The van der Waals surface area contributed by atoms with Crippen LogP contribution in [0.15, 0.2) is 18.2 Å². The van der Waals surface area contributed by atoms with E-state index in [2.05, 4.69) is 18.9 Å². The molecule has 0 saturated heterocycles. The van der Waals surface area contributed by atoms with Crippen molar-refractivity contribution in [2.45, 2.75) is 38.6 Å². The zero-order valence-electron chi connectivity index (χ0n) is 11.8. The Morgan fingerprint density at radius 1 is 1.11 bits per heavy atom. The summed E-state index contributed by atoms with van der Waals surface area (Å²) >= 11 is 0. The summed E-state index contributed by atoms with van der Waals surface area (Å²) in [4.78, 5) is 2.21. The van der Waals surface area contributed by atoms with Crippen LogP contribution < -0.4 is 5.73 Å². The standard InChI is InChI=1S/C15H24F2N2/c1-3-4-5-7-19(2)8-6-15(18)12-9-13(16)11-14(17)10-12/h9-11,15H,3-8,18H2,1-2H3. The van der Waals surface area contributed by atoms with Gasteiger partial charge in [0.25, 0.3) is 0 Å². The van der Waals surface area contributed by atoms with Crippen LogP contribution in [0.2, 0.25) is 0 Å². The SMILES string of the molecule is CCCCCN(C)CCC(N)c1cc(F)cc(F)c1. The first kappa shape index (κ1) is 16.1. The number of nitrogens with two attached hydrogens (primary N) is 1. The number of unbranched alkanes of at least 4 members (excludes halogenated alkanes) is 2. The van der Waals surface area contributed by atoms with Gasteiger partial charge in [-0.2, -0.15) is 0 Å². The number of halogens is 2. The fourth-order valence-corrected chi connectivity index (χ4v) is 2.06. The Labute approximate surface area is 114 Å². The summed E-state index contributed by atoms with van der Waals surface area (Å²) in [6.07, 6.45) is 4.31. The lowest BCUT2D eigenvalue weighted by atomic mass is 10.0. The number of hydrogen-bond acceptors (Lipinski definition) is 2. The van der Waals surface area contributed by atoms with E-state index in [1.54, 1.807) is 0 Å². The van der Waals surface area contributed by atoms with E-state index < -0.39 is 11.6 Å². The Kier molecular flexibility index (Phi) is 6.95. The maximum Gasteiger partial charge on any atom is 0.126 e. The molecule has 0 spiro atoms. The van der Waals surface area contributed by atoms with Crippen LogP contribution >= 0.6 is 0 Å². The molecule has 108 valence electrons. The summed E-state index contributed by atoms with van der Waals surface area (Å²) in [5, 5.41) is 0. The van der Waals surface area contributed by atoms with Gasteiger partial charge in [0, 0.05) is 12.1 Å². The van der Waals surface area contributed by atoms with Gasteiger partial charge in [-0.15, -0.1) is 0 Å². The summed E-state index contributed by atoms with van der Waals surface area (Å²) < 4.78 is 26.2. The molecule has 1 aromatic rings. The van der Waals surface area contributed by atoms with Crippen LogP contribution in [0.5, 0.6) is 0 Å². The number of hydrogen-bond donors (Lipinski definition) is 1. The molecule has 1 unspecified atom stereocenters. The second kappa shape index (κ2) is 8.23. The second-order valence-electron chi connectivity index (χ2n) is 5.11. The van der Waals surface area contributed by atoms with E-state index in [0.717, 1.165) is 19.2 Å². The molecule has 2 nitrogen and oxygen atoms in total. The largest absolute Gasteiger partial charge is 0.324 e. The van der Waals surface area contributed by atoms with E-state index in [4.69, 9.17) is 5.73 Å². The average molecular weight is 270 g/mol. The van der Waals surface area contributed by atoms with Crippen molar-refractivity contribution in [2.24, 2.45) is 5.73 Å². The third kappa shape index (κ3) is 6.12. The van der Waals surface area contributed by atoms with Crippen LogP contribution in [0.4, 0.5) is 8.78 Å². The van der Waals surface area contributed by atoms with E-state index in [-0.39, 0.29) is 6.04 Å². The van der Waals surface area contributed by atoms with Gasteiger partial charge in [0.2, 0.25) is 0 Å². The third-order valence-corrected chi connectivity index (χ3v) is 3.28. The normalized spacial score (nSPS) is 12.9. The molecule has 0 aliphatic rings. The number of benzene rings is 1. The highest BCUT2D eigenvalue weighted by Crippen LogP contribution is 2.17. The molecule has 0 aliphatic carbocycles. The molecular formula is C15H24F2N2. The lowest BCUT2D eigenvalue weighted by Gasteiger charge is -2.19. The van der Waals surface area contributed by atoms with E-state index in [1.807, 2.05) is 0 Å². The first-order valence-corrected chi connectivity index (χ1v) is 6.93. The van der Waals surface area contributed by atoms with Crippen LogP contribution in [0.1, 0.15) is 44.2 Å². The van der Waals surface area contributed by atoms with Crippen LogP contribution in [0.3, 0.4) is 0 Å². The predicted molar refractivity (Wildman–Crippen MR) is 74.9 cm³/mol. The van der Waals surface area contributed by atoms with E-state index in [9.17, 15) is 8.78 Å². The molecule has 0 saturated carbocycles. The molecule has 0 amide bonds. The maximum absolute atomic E-state index is 13.1. The van der Waals surface area contributed by atoms with E-state index in [1.165, 1.54) is 31.4 Å². The molecular weight excluding hydrogens is 246 g/mol. The topological polar surface area (TPSA) is 29.3 Å². The smallest absolute Gasteiger partial charge is 0.126 e. The predicted octanol–water partition coefficient (Wildman–Crippen LogP) is 3.48. The summed E-state index contributed by atoms with van der Waals surface area (Å²) in [7, 11) is 2.05. The zero-order valence-corrected chi connectivity index (χ0v) is 11.8. The molecule has 0 bridgehead atoms. The van der Waals surface area contributed by atoms with Crippen LogP contribution in [0, 0.1) is 11.6 Å². The Bertz CT molecular complexity index is 362. The van der Waals surface area contributed by atoms with Gasteiger partial charge in [-0.05, 0) is 50.7 Å². The minimum atomic E-state index is -0.568. The van der Waals surface area contributed by atoms with Crippen LogP contribution in [-0.2, 0) is 0 Å². The van der Waals surface area contributed by atoms with Crippen molar-refractivity contribution < 1.29 is 8.78 Å². The minimum absolute atomic E-state index is 0.321.